The van der Waals surface area contributed by atoms with Gasteiger partial charge in [-0.2, -0.15) is 0 Å². The van der Waals surface area contributed by atoms with Gasteiger partial charge in [0.1, 0.15) is 17.4 Å². The molecule has 1 amide bonds. The predicted octanol–water partition coefficient (Wildman–Crippen LogP) is 5.12. The van der Waals surface area contributed by atoms with E-state index >= 15 is 0 Å². The molecule has 1 aliphatic heterocycles. The lowest BCUT2D eigenvalue weighted by molar-refractivity contribution is -0.116. The lowest BCUT2D eigenvalue weighted by Crippen LogP contribution is -2.37. The minimum atomic E-state index is -0.692. The maximum atomic E-state index is 14.2. The SMILES string of the molecule is CC1=C(C(=O)Nc2ccc(C)cn2)C(c2cccc(F)c2)C2=C(CC(c3ccco3)CC2=O)N1. The molecule has 0 saturated heterocycles. The van der Waals surface area contributed by atoms with Gasteiger partial charge in [-0.05, 0) is 61.7 Å². The van der Waals surface area contributed by atoms with Gasteiger partial charge in [0.15, 0.2) is 5.78 Å². The minimum Gasteiger partial charge on any atom is -0.469 e. The van der Waals surface area contributed by atoms with E-state index in [0.29, 0.717) is 34.6 Å². The smallest absolute Gasteiger partial charge is 0.255 e. The van der Waals surface area contributed by atoms with E-state index in [1.807, 2.05) is 19.1 Å². The molecule has 2 unspecified atom stereocenters. The third-order valence-corrected chi connectivity index (χ3v) is 6.35. The highest BCUT2D eigenvalue weighted by Crippen LogP contribution is 2.45. The van der Waals surface area contributed by atoms with Gasteiger partial charge in [0.05, 0.1) is 6.26 Å². The van der Waals surface area contributed by atoms with Crippen molar-refractivity contribution in [3.05, 3.63) is 106 Å². The van der Waals surface area contributed by atoms with Crippen LogP contribution in [0.5, 0.6) is 0 Å². The first-order valence-corrected chi connectivity index (χ1v) is 11.2. The molecule has 7 heteroatoms. The zero-order valence-electron chi connectivity index (χ0n) is 18.9. The topological polar surface area (TPSA) is 84.2 Å². The van der Waals surface area contributed by atoms with Crippen LogP contribution in [0.15, 0.2) is 87.9 Å². The zero-order chi connectivity index (χ0) is 23.8. The number of hydrogen-bond donors (Lipinski definition) is 2. The Bertz CT molecular complexity index is 1320. The van der Waals surface area contributed by atoms with Crippen molar-refractivity contribution in [2.24, 2.45) is 0 Å². The number of benzene rings is 1. The number of carbonyl (C=O) groups excluding carboxylic acids is 2. The van der Waals surface area contributed by atoms with Crippen molar-refractivity contribution in [3.8, 4) is 0 Å². The fraction of sp³-hybridized carbons (Fsp3) is 0.222. The number of aromatic nitrogens is 1. The Morgan fingerprint density at radius 3 is 2.71 bits per heavy atom. The number of amides is 1. The summed E-state index contributed by atoms with van der Waals surface area (Å²) in [6, 6.07) is 13.3. The molecule has 3 heterocycles. The van der Waals surface area contributed by atoms with Crippen LogP contribution in [-0.4, -0.2) is 16.7 Å². The van der Waals surface area contributed by atoms with Crippen molar-refractivity contribution in [1.82, 2.24) is 10.3 Å². The molecule has 34 heavy (non-hydrogen) atoms. The Hall–Kier alpha value is -4.00. The Morgan fingerprint density at radius 2 is 2.00 bits per heavy atom. The summed E-state index contributed by atoms with van der Waals surface area (Å²) in [5.41, 5.74) is 3.76. The van der Waals surface area contributed by atoms with E-state index in [2.05, 4.69) is 15.6 Å². The zero-order valence-corrected chi connectivity index (χ0v) is 18.9. The van der Waals surface area contributed by atoms with E-state index < -0.39 is 11.7 Å². The summed E-state index contributed by atoms with van der Waals surface area (Å²) in [5.74, 6) is -0.531. The maximum Gasteiger partial charge on any atom is 0.255 e. The summed E-state index contributed by atoms with van der Waals surface area (Å²) in [6.07, 6.45) is 4.08. The molecule has 5 rings (SSSR count). The third kappa shape index (κ3) is 4.05. The first-order valence-electron chi connectivity index (χ1n) is 11.2. The quantitative estimate of drug-likeness (QED) is 0.568. The van der Waals surface area contributed by atoms with Gasteiger partial charge in [-0.1, -0.05) is 18.2 Å². The van der Waals surface area contributed by atoms with E-state index in [4.69, 9.17) is 4.42 Å². The number of rotatable bonds is 4. The highest BCUT2D eigenvalue weighted by atomic mass is 19.1. The summed E-state index contributed by atoms with van der Waals surface area (Å²) in [6.45, 7) is 3.71. The molecule has 0 bridgehead atoms. The second kappa shape index (κ2) is 8.74. The van der Waals surface area contributed by atoms with E-state index in [-0.39, 0.29) is 24.0 Å². The average Bonchev–Trinajstić information content (AvgIpc) is 3.34. The number of ketones is 1. The highest BCUT2D eigenvalue weighted by molar-refractivity contribution is 6.09. The minimum absolute atomic E-state index is 0.0873. The van der Waals surface area contributed by atoms with Crippen LogP contribution in [0.25, 0.3) is 0 Å². The van der Waals surface area contributed by atoms with Crippen LogP contribution in [-0.2, 0) is 9.59 Å². The van der Waals surface area contributed by atoms with Crippen LogP contribution in [0.4, 0.5) is 10.2 Å². The lowest BCUT2D eigenvalue weighted by atomic mass is 9.72. The first-order chi connectivity index (χ1) is 16.4. The molecule has 2 aliphatic rings. The van der Waals surface area contributed by atoms with Crippen LogP contribution < -0.4 is 10.6 Å². The fourth-order valence-corrected chi connectivity index (χ4v) is 4.81. The number of anilines is 1. The maximum absolute atomic E-state index is 14.2. The monoisotopic (exact) mass is 457 g/mol. The van der Waals surface area contributed by atoms with Crippen LogP contribution in [0.2, 0.25) is 0 Å². The van der Waals surface area contributed by atoms with Gasteiger partial charge in [0, 0.05) is 47.0 Å². The number of aryl methyl sites for hydroxylation is 1. The van der Waals surface area contributed by atoms with Crippen molar-refractivity contribution < 1.29 is 18.4 Å². The molecule has 3 aromatic rings. The first kappa shape index (κ1) is 21.8. The number of nitrogens with zero attached hydrogens (tertiary/aromatic N) is 1. The number of allylic oxidation sites excluding steroid dienone is 3. The molecule has 172 valence electrons. The van der Waals surface area contributed by atoms with E-state index in [9.17, 15) is 14.0 Å². The van der Waals surface area contributed by atoms with Crippen LogP contribution in [0, 0.1) is 12.7 Å². The lowest BCUT2D eigenvalue weighted by Gasteiger charge is -2.36. The summed E-state index contributed by atoms with van der Waals surface area (Å²) in [5, 5.41) is 6.14. The van der Waals surface area contributed by atoms with Gasteiger partial charge >= 0.3 is 0 Å². The molecule has 2 N–H and O–H groups in total. The highest BCUT2D eigenvalue weighted by Gasteiger charge is 2.41. The Kier molecular flexibility index (Phi) is 5.61. The van der Waals surface area contributed by atoms with Crippen molar-refractivity contribution in [1.29, 1.82) is 0 Å². The van der Waals surface area contributed by atoms with Gasteiger partial charge in [-0.15, -0.1) is 0 Å². The molecule has 0 radical (unpaired) electrons. The van der Waals surface area contributed by atoms with Crippen molar-refractivity contribution in [3.63, 3.8) is 0 Å². The number of pyridine rings is 1. The molecular weight excluding hydrogens is 433 g/mol. The van der Waals surface area contributed by atoms with Gasteiger partial charge in [0.25, 0.3) is 5.91 Å². The molecule has 2 aromatic heterocycles. The van der Waals surface area contributed by atoms with E-state index in [1.165, 1.54) is 12.1 Å². The van der Waals surface area contributed by atoms with Crippen molar-refractivity contribution in [2.75, 3.05) is 5.32 Å². The molecule has 0 fully saturated rings. The fourth-order valence-electron chi connectivity index (χ4n) is 4.81. The Balaban J connectivity index is 1.56. The van der Waals surface area contributed by atoms with Gasteiger partial charge in [0.2, 0.25) is 0 Å². The average molecular weight is 458 g/mol. The molecular formula is C27H24FN3O3. The van der Waals surface area contributed by atoms with E-state index in [1.54, 1.807) is 43.6 Å². The summed E-state index contributed by atoms with van der Waals surface area (Å²) in [7, 11) is 0. The normalized spacial score (nSPS) is 20.1. The number of Topliss-reactive ketones (excluding diaryl/α,β-unsaturated/α-hetero) is 1. The number of furan rings is 1. The van der Waals surface area contributed by atoms with Crippen LogP contribution >= 0.6 is 0 Å². The van der Waals surface area contributed by atoms with Gasteiger partial charge in [-0.3, -0.25) is 9.59 Å². The standard InChI is InChI=1S/C27H24FN3O3/c1-15-8-9-23(29-14-15)31-27(33)24-16(2)30-20-12-18(22-7-4-10-34-22)13-21(32)26(20)25(24)17-5-3-6-19(28)11-17/h3-11,14,18,25,30H,12-13H2,1-2H3,(H,29,31,33). The number of carbonyl (C=O) groups is 2. The Morgan fingerprint density at radius 1 is 1.15 bits per heavy atom. The second-order valence-corrected chi connectivity index (χ2v) is 8.76. The third-order valence-electron chi connectivity index (χ3n) is 6.35. The van der Waals surface area contributed by atoms with Crippen LogP contribution in [0.3, 0.4) is 0 Å². The Labute approximate surface area is 196 Å². The summed E-state index contributed by atoms with van der Waals surface area (Å²) < 4.78 is 19.8. The molecule has 1 aromatic carbocycles. The van der Waals surface area contributed by atoms with Crippen molar-refractivity contribution >= 4 is 17.5 Å². The number of nitrogens with one attached hydrogen (secondary N) is 2. The summed E-state index contributed by atoms with van der Waals surface area (Å²) >= 11 is 0. The van der Waals surface area contributed by atoms with Crippen LogP contribution in [0.1, 0.15) is 48.5 Å². The second-order valence-electron chi connectivity index (χ2n) is 8.76. The summed E-state index contributed by atoms with van der Waals surface area (Å²) in [4.78, 5) is 31.2. The van der Waals surface area contributed by atoms with Gasteiger partial charge in [-0.25, -0.2) is 9.37 Å². The molecule has 0 spiro atoms. The largest absolute Gasteiger partial charge is 0.469 e. The van der Waals surface area contributed by atoms with Gasteiger partial charge < -0.3 is 15.1 Å². The van der Waals surface area contributed by atoms with E-state index in [0.717, 1.165) is 17.0 Å². The molecule has 2 atom stereocenters. The number of dihydropyridines is 1. The molecule has 1 aliphatic carbocycles. The molecule has 6 nitrogen and oxygen atoms in total. The van der Waals surface area contributed by atoms with Crippen molar-refractivity contribution in [2.45, 2.75) is 38.5 Å². The number of halogens is 1. The number of hydrogen-bond acceptors (Lipinski definition) is 5. The molecule has 0 saturated carbocycles. The predicted molar refractivity (Wildman–Crippen MR) is 125 cm³/mol.